The zero-order valence-corrected chi connectivity index (χ0v) is 19.0. The van der Waals surface area contributed by atoms with Crippen LogP contribution < -0.4 is 10.6 Å². The Bertz CT molecular complexity index is 1340. The summed E-state index contributed by atoms with van der Waals surface area (Å²) in [6.07, 6.45) is 2.10. The van der Waals surface area contributed by atoms with E-state index >= 15 is 0 Å². The van der Waals surface area contributed by atoms with Crippen molar-refractivity contribution in [2.24, 2.45) is 0 Å². The number of hydrogen-bond donors (Lipinski definition) is 2. The first-order valence-corrected chi connectivity index (χ1v) is 11.0. The van der Waals surface area contributed by atoms with Crippen LogP contribution in [0.15, 0.2) is 78.9 Å². The van der Waals surface area contributed by atoms with Gasteiger partial charge < -0.3 is 5.32 Å². The van der Waals surface area contributed by atoms with Crippen LogP contribution >= 0.6 is 11.6 Å². The van der Waals surface area contributed by atoms with Gasteiger partial charge in [-0.1, -0.05) is 71.3 Å². The predicted molar refractivity (Wildman–Crippen MR) is 132 cm³/mol. The molecule has 0 saturated carbocycles. The normalized spacial score (nSPS) is 14.8. The Hall–Kier alpha value is -3.90. The number of aromatic nitrogens is 3. The molecule has 1 aromatic heterocycles. The van der Waals surface area contributed by atoms with Crippen molar-refractivity contribution >= 4 is 35.1 Å². The average Bonchev–Trinajstić information content (AvgIpc) is 3.22. The summed E-state index contributed by atoms with van der Waals surface area (Å²) in [6.45, 7) is 4.04. The topological polar surface area (TPSA) is 71.8 Å². The van der Waals surface area contributed by atoms with E-state index < -0.39 is 0 Å². The molecule has 1 atom stereocenters. The number of nitrogens with one attached hydrogen (secondary N) is 2. The molecule has 0 bridgehead atoms. The highest BCUT2D eigenvalue weighted by molar-refractivity contribution is 6.30. The maximum Gasteiger partial charge on any atom is 0.258 e. The number of nitrogens with zero attached hydrogens (tertiary/aromatic N) is 3. The number of rotatable bonds is 4. The fourth-order valence-corrected chi connectivity index (χ4v) is 3.85. The predicted octanol–water partition coefficient (Wildman–Crippen LogP) is 5.86. The molecule has 2 heterocycles. The van der Waals surface area contributed by atoms with Crippen LogP contribution in [-0.4, -0.2) is 20.7 Å². The number of carbonyl (C=O) groups is 1. The van der Waals surface area contributed by atoms with E-state index in [-0.39, 0.29) is 17.9 Å². The highest BCUT2D eigenvalue weighted by Gasteiger charge is 2.26. The number of benzene rings is 3. The summed E-state index contributed by atoms with van der Waals surface area (Å²) in [4.78, 5) is 17.3. The molecule has 1 amide bonds. The Morgan fingerprint density at radius 1 is 0.939 bits per heavy atom. The molecule has 0 aliphatic carbocycles. The van der Waals surface area contributed by atoms with Gasteiger partial charge in [0.05, 0.1) is 0 Å². The Labute approximate surface area is 196 Å². The first-order chi connectivity index (χ1) is 16.0. The Balaban J connectivity index is 1.50. The van der Waals surface area contributed by atoms with Gasteiger partial charge in [0.2, 0.25) is 5.95 Å². The van der Waals surface area contributed by atoms with Crippen LogP contribution in [0, 0.1) is 13.8 Å². The van der Waals surface area contributed by atoms with E-state index in [2.05, 4.69) is 58.0 Å². The summed E-state index contributed by atoms with van der Waals surface area (Å²) in [5.74, 6) is 0.528. The van der Waals surface area contributed by atoms with Gasteiger partial charge >= 0.3 is 0 Å². The smallest absolute Gasteiger partial charge is 0.258 e. The summed E-state index contributed by atoms with van der Waals surface area (Å²) >= 11 is 6.11. The van der Waals surface area contributed by atoms with Gasteiger partial charge in [-0.15, -0.1) is 5.10 Å². The first-order valence-electron chi connectivity index (χ1n) is 10.6. The standard InChI is InChI=1S/C26H22ClN5O/c1-16-3-7-18(8-4-16)22-15-23(19-11-13-21(27)14-12-19)32-26(28-22)30-25(31-32)29-24(33)20-9-5-17(2)6-10-20/h3-15,23H,1-2H3,(H2,28,29,30,31,33)/t23-/m0/s1. The van der Waals surface area contributed by atoms with Crippen LogP contribution in [-0.2, 0) is 0 Å². The van der Waals surface area contributed by atoms with Crippen molar-refractivity contribution in [2.45, 2.75) is 19.9 Å². The van der Waals surface area contributed by atoms with E-state index in [9.17, 15) is 4.79 Å². The Kier molecular flexibility index (Phi) is 5.44. The van der Waals surface area contributed by atoms with Gasteiger partial charge in [-0.3, -0.25) is 10.1 Å². The second-order valence-electron chi connectivity index (χ2n) is 8.09. The summed E-state index contributed by atoms with van der Waals surface area (Å²) < 4.78 is 1.77. The summed E-state index contributed by atoms with van der Waals surface area (Å²) in [6, 6.07) is 23.1. The molecule has 0 fully saturated rings. The van der Waals surface area contributed by atoms with Crippen molar-refractivity contribution in [1.82, 2.24) is 14.8 Å². The molecular formula is C26H22ClN5O. The number of fused-ring (bicyclic) bond motifs is 1. The Morgan fingerprint density at radius 2 is 1.58 bits per heavy atom. The van der Waals surface area contributed by atoms with E-state index in [1.165, 1.54) is 5.56 Å². The number of hydrogen-bond acceptors (Lipinski definition) is 4. The van der Waals surface area contributed by atoms with Crippen molar-refractivity contribution in [1.29, 1.82) is 0 Å². The number of amides is 1. The van der Waals surface area contributed by atoms with Crippen LogP contribution in [0.4, 0.5) is 11.9 Å². The molecule has 2 N–H and O–H groups in total. The van der Waals surface area contributed by atoms with E-state index in [1.54, 1.807) is 16.8 Å². The lowest BCUT2D eigenvalue weighted by molar-refractivity contribution is 0.102. The Morgan fingerprint density at radius 3 is 2.24 bits per heavy atom. The number of allylic oxidation sites excluding steroid dienone is 1. The lowest BCUT2D eigenvalue weighted by Crippen LogP contribution is -2.20. The fraction of sp³-hybridized carbons (Fsp3) is 0.115. The van der Waals surface area contributed by atoms with Crippen LogP contribution in [0.25, 0.3) is 5.70 Å². The molecule has 0 spiro atoms. The van der Waals surface area contributed by atoms with Gasteiger partial charge in [0.25, 0.3) is 11.9 Å². The molecular weight excluding hydrogens is 434 g/mol. The third kappa shape index (κ3) is 4.38. The molecule has 1 aliphatic heterocycles. The van der Waals surface area contributed by atoms with Gasteiger partial charge in [-0.25, -0.2) is 4.68 Å². The zero-order chi connectivity index (χ0) is 22.9. The van der Waals surface area contributed by atoms with Gasteiger partial charge in [0.1, 0.15) is 6.04 Å². The maximum atomic E-state index is 12.7. The first kappa shape index (κ1) is 21.0. The minimum absolute atomic E-state index is 0.215. The molecule has 4 aromatic rings. The third-order valence-electron chi connectivity index (χ3n) is 5.58. The van der Waals surface area contributed by atoms with Crippen molar-refractivity contribution in [3.8, 4) is 0 Å². The second-order valence-corrected chi connectivity index (χ2v) is 8.53. The van der Waals surface area contributed by atoms with Gasteiger partial charge in [-0.2, -0.15) is 4.98 Å². The molecule has 7 heteroatoms. The second kappa shape index (κ2) is 8.56. The van der Waals surface area contributed by atoms with Gasteiger partial charge in [0, 0.05) is 16.3 Å². The number of halogens is 1. The van der Waals surface area contributed by atoms with Crippen molar-refractivity contribution in [2.75, 3.05) is 10.6 Å². The van der Waals surface area contributed by atoms with Crippen LogP contribution in [0.5, 0.6) is 0 Å². The third-order valence-corrected chi connectivity index (χ3v) is 5.83. The van der Waals surface area contributed by atoms with Crippen molar-refractivity contribution < 1.29 is 4.79 Å². The largest absolute Gasteiger partial charge is 0.324 e. The van der Waals surface area contributed by atoms with Crippen LogP contribution in [0.3, 0.4) is 0 Å². The van der Waals surface area contributed by atoms with E-state index in [0.717, 1.165) is 22.4 Å². The number of anilines is 2. The molecule has 1 aliphatic rings. The lowest BCUT2D eigenvalue weighted by atomic mass is 10.0. The molecule has 0 radical (unpaired) electrons. The summed E-state index contributed by atoms with van der Waals surface area (Å²) in [7, 11) is 0. The molecule has 6 nitrogen and oxygen atoms in total. The lowest BCUT2D eigenvalue weighted by Gasteiger charge is -2.24. The number of carbonyl (C=O) groups excluding carboxylic acids is 1. The molecule has 3 aromatic carbocycles. The summed E-state index contributed by atoms with van der Waals surface area (Å²) in [5, 5.41) is 11.4. The molecule has 5 rings (SSSR count). The van der Waals surface area contributed by atoms with E-state index in [4.69, 9.17) is 11.6 Å². The van der Waals surface area contributed by atoms with Crippen molar-refractivity contribution in [3.05, 3.63) is 112 Å². The van der Waals surface area contributed by atoms with E-state index in [0.29, 0.717) is 16.5 Å². The fourth-order valence-electron chi connectivity index (χ4n) is 3.72. The summed E-state index contributed by atoms with van der Waals surface area (Å²) in [5.41, 5.74) is 5.80. The number of aryl methyl sites for hydroxylation is 2. The maximum absolute atomic E-state index is 12.7. The monoisotopic (exact) mass is 455 g/mol. The SMILES string of the molecule is Cc1ccc(C(=O)Nc2nc3n(n2)[C@H](c2ccc(Cl)cc2)C=C(c2ccc(C)cc2)N3)cc1. The van der Waals surface area contributed by atoms with Crippen molar-refractivity contribution in [3.63, 3.8) is 0 Å². The molecule has 33 heavy (non-hydrogen) atoms. The highest BCUT2D eigenvalue weighted by atomic mass is 35.5. The molecule has 0 unspecified atom stereocenters. The highest BCUT2D eigenvalue weighted by Crippen LogP contribution is 2.33. The minimum Gasteiger partial charge on any atom is -0.324 e. The van der Waals surface area contributed by atoms with Gasteiger partial charge in [-0.05, 0) is 55.3 Å². The molecule has 164 valence electrons. The minimum atomic E-state index is -0.257. The van der Waals surface area contributed by atoms with Crippen LogP contribution in [0.2, 0.25) is 5.02 Å². The average molecular weight is 456 g/mol. The van der Waals surface area contributed by atoms with Crippen LogP contribution in [0.1, 0.15) is 38.7 Å². The zero-order valence-electron chi connectivity index (χ0n) is 18.2. The quantitative estimate of drug-likeness (QED) is 0.404. The molecule has 0 saturated heterocycles. The van der Waals surface area contributed by atoms with Gasteiger partial charge in [0.15, 0.2) is 0 Å². The van der Waals surface area contributed by atoms with E-state index in [1.807, 2.05) is 43.3 Å².